The van der Waals surface area contributed by atoms with E-state index in [9.17, 15) is 0 Å². The van der Waals surface area contributed by atoms with Crippen molar-refractivity contribution in [2.24, 2.45) is 0 Å². The molecule has 0 N–H and O–H groups in total. The molecule has 0 unspecified atom stereocenters. The fraction of sp³-hybridized carbons (Fsp3) is 0.425. The molecule has 0 radical (unpaired) electrons. The molecule has 3 heteroatoms. The summed E-state index contributed by atoms with van der Waals surface area (Å²) < 4.78 is 0. The molecule has 0 fully saturated rings. The minimum absolute atomic E-state index is 0.168. The van der Waals surface area contributed by atoms with Gasteiger partial charge < -0.3 is 0 Å². The zero-order valence-corrected chi connectivity index (χ0v) is 28.9. The van der Waals surface area contributed by atoms with Crippen LogP contribution in [0.1, 0.15) is 116 Å². The molecule has 3 nitrogen and oxygen atoms in total. The molecule has 4 aromatic rings. The molecule has 1 aliphatic carbocycles. The summed E-state index contributed by atoms with van der Waals surface area (Å²) in [4.78, 5) is 11.9. The summed E-state index contributed by atoms with van der Waals surface area (Å²) in [6.45, 7) is 26.5. The summed E-state index contributed by atoms with van der Waals surface area (Å²) in [6.07, 6.45) is 14.6. The van der Waals surface area contributed by atoms with Crippen LogP contribution in [-0.2, 0) is 28.1 Å². The van der Waals surface area contributed by atoms with Crippen molar-refractivity contribution in [1.82, 2.24) is 15.0 Å². The van der Waals surface area contributed by atoms with Gasteiger partial charge in [0.2, 0.25) is 0 Å². The normalized spacial score (nSPS) is 12.5. The van der Waals surface area contributed by atoms with Gasteiger partial charge in [-0.2, -0.15) is 0 Å². The second-order valence-corrected chi connectivity index (χ2v) is 15.2. The van der Waals surface area contributed by atoms with E-state index in [2.05, 4.69) is 165 Å². The second kappa shape index (κ2) is 15.2. The Morgan fingerprint density at radius 1 is 0.488 bits per heavy atom. The number of fused-ring (bicyclic) bond motifs is 1. The van der Waals surface area contributed by atoms with Crippen LogP contribution in [0.15, 0.2) is 97.9 Å². The molecule has 0 aliphatic heterocycles. The third kappa shape index (κ3) is 12.3. The average molecular weight is 578 g/mol. The van der Waals surface area contributed by atoms with Crippen LogP contribution in [-0.4, -0.2) is 15.0 Å². The number of allylic oxidation sites excluding steroid dienone is 1. The molecular weight excluding hydrogens is 522 g/mol. The number of benzene rings is 2. The van der Waals surface area contributed by atoms with Gasteiger partial charge >= 0.3 is 0 Å². The van der Waals surface area contributed by atoms with Crippen LogP contribution in [0.4, 0.5) is 0 Å². The Balaban J connectivity index is 0.000000202. The van der Waals surface area contributed by atoms with Crippen molar-refractivity contribution in [2.45, 2.75) is 111 Å². The number of pyridine rings is 1. The molecule has 2 aromatic carbocycles. The Bertz CT molecular complexity index is 1260. The fourth-order valence-electron chi connectivity index (χ4n) is 4.38. The van der Waals surface area contributed by atoms with Gasteiger partial charge in [0.05, 0.1) is 0 Å². The molecule has 5 rings (SSSR count). The molecule has 0 spiro atoms. The van der Waals surface area contributed by atoms with Crippen molar-refractivity contribution in [1.29, 1.82) is 0 Å². The van der Waals surface area contributed by atoms with Crippen LogP contribution in [0.3, 0.4) is 0 Å². The molecule has 0 saturated heterocycles. The molecule has 0 atom stereocenters. The molecule has 0 bridgehead atoms. The largest absolute Gasteiger partial charge is 0.264 e. The molecule has 43 heavy (non-hydrogen) atoms. The first-order valence-corrected chi connectivity index (χ1v) is 15.4. The van der Waals surface area contributed by atoms with Crippen molar-refractivity contribution < 1.29 is 0 Å². The topological polar surface area (TPSA) is 38.7 Å². The predicted molar refractivity (Wildman–Crippen MR) is 187 cm³/mol. The van der Waals surface area contributed by atoms with Gasteiger partial charge in [0.25, 0.3) is 0 Å². The van der Waals surface area contributed by atoms with Crippen molar-refractivity contribution >= 4 is 6.08 Å². The summed E-state index contributed by atoms with van der Waals surface area (Å²) in [5, 5.41) is 0. The van der Waals surface area contributed by atoms with E-state index in [1.54, 1.807) is 12.5 Å². The smallest absolute Gasteiger partial charge is 0.115 e. The lowest BCUT2D eigenvalue weighted by atomic mass is 9.83. The standard InChI is InChI=1S/C13H16.C10H14.C9H13N.C8H12N2/c1-13(2,3)12-9-5-7-10-6-4-8-11(10)12;1-10(2,3)9-7-5-4-6-8-9;1-9(2,3)8-5-4-6-10-7-8;1-8(2,3)7-4-9-6-10-5-7/h4-5,7-9H,6H2,1-3H3;4-8H,1-3H3;4-7H,1-3H3;4-6H,1-3H3. The lowest BCUT2D eigenvalue weighted by Gasteiger charge is -2.22. The summed E-state index contributed by atoms with van der Waals surface area (Å²) >= 11 is 0. The van der Waals surface area contributed by atoms with Crippen molar-refractivity contribution in [3.8, 4) is 0 Å². The summed E-state index contributed by atoms with van der Waals surface area (Å²) in [5.41, 5.74) is 9.22. The molecule has 0 saturated carbocycles. The highest BCUT2D eigenvalue weighted by Crippen LogP contribution is 2.32. The van der Waals surface area contributed by atoms with Gasteiger partial charge in [-0.3, -0.25) is 4.98 Å². The van der Waals surface area contributed by atoms with Crippen molar-refractivity contribution in [2.75, 3.05) is 0 Å². The molecule has 2 aromatic heterocycles. The highest BCUT2D eigenvalue weighted by atomic mass is 14.8. The third-order valence-corrected chi connectivity index (χ3v) is 7.22. The average Bonchev–Trinajstić information content (AvgIpc) is 3.43. The fourth-order valence-corrected chi connectivity index (χ4v) is 4.38. The first kappa shape index (κ1) is 35.6. The van der Waals surface area contributed by atoms with E-state index < -0.39 is 0 Å². The maximum atomic E-state index is 4.05. The Kier molecular flexibility index (Phi) is 12.6. The summed E-state index contributed by atoms with van der Waals surface area (Å²) in [7, 11) is 0. The van der Waals surface area contributed by atoms with Gasteiger partial charge in [0.15, 0.2) is 0 Å². The van der Waals surface area contributed by atoms with Gasteiger partial charge in [0.1, 0.15) is 6.33 Å². The lowest BCUT2D eigenvalue weighted by molar-refractivity contribution is 0.584. The minimum atomic E-state index is 0.168. The van der Waals surface area contributed by atoms with E-state index in [4.69, 9.17) is 0 Å². The van der Waals surface area contributed by atoms with Crippen molar-refractivity contribution in [3.63, 3.8) is 0 Å². The highest BCUT2D eigenvalue weighted by Gasteiger charge is 2.19. The minimum Gasteiger partial charge on any atom is -0.264 e. The zero-order chi connectivity index (χ0) is 32.3. The Morgan fingerprint density at radius 3 is 1.44 bits per heavy atom. The van der Waals surface area contributed by atoms with E-state index in [0.717, 1.165) is 6.42 Å². The highest BCUT2D eigenvalue weighted by molar-refractivity contribution is 5.64. The number of rotatable bonds is 0. The number of nitrogens with zero attached hydrogens (tertiary/aromatic N) is 3. The number of aromatic nitrogens is 3. The molecule has 2 heterocycles. The quantitative estimate of drug-likeness (QED) is 0.209. The van der Waals surface area contributed by atoms with Gasteiger partial charge in [-0.15, -0.1) is 0 Å². The Labute approximate surface area is 263 Å². The molecule has 0 amide bonds. The lowest BCUT2D eigenvalue weighted by Crippen LogP contribution is -2.13. The predicted octanol–water partition coefficient (Wildman–Crippen LogP) is 10.7. The van der Waals surface area contributed by atoms with E-state index in [1.165, 1.54) is 33.4 Å². The Hall–Kier alpha value is -3.59. The van der Waals surface area contributed by atoms with Crippen LogP contribution in [0.2, 0.25) is 0 Å². The molecule has 1 aliphatic rings. The van der Waals surface area contributed by atoms with Crippen LogP contribution in [0.25, 0.3) is 6.08 Å². The second-order valence-electron chi connectivity index (χ2n) is 15.2. The van der Waals surface area contributed by atoms with E-state index in [1.807, 2.05) is 24.7 Å². The first-order chi connectivity index (χ1) is 19.9. The number of hydrogen-bond donors (Lipinski definition) is 0. The Morgan fingerprint density at radius 2 is 1.02 bits per heavy atom. The molecule has 230 valence electrons. The zero-order valence-electron chi connectivity index (χ0n) is 28.9. The van der Waals surface area contributed by atoms with E-state index in [-0.39, 0.29) is 16.2 Å². The van der Waals surface area contributed by atoms with Crippen molar-refractivity contribution in [3.05, 3.63) is 131 Å². The van der Waals surface area contributed by atoms with Crippen LogP contribution in [0, 0.1) is 0 Å². The number of hydrogen-bond acceptors (Lipinski definition) is 3. The van der Waals surface area contributed by atoms with Gasteiger partial charge in [-0.25, -0.2) is 9.97 Å². The molecular formula is C40H55N3. The van der Waals surface area contributed by atoms with E-state index in [0.29, 0.717) is 5.41 Å². The monoisotopic (exact) mass is 577 g/mol. The summed E-state index contributed by atoms with van der Waals surface area (Å²) in [5.74, 6) is 0. The SMILES string of the molecule is CC(C)(C)c1cccc2c1C=CC2.CC(C)(C)c1ccccc1.CC(C)(C)c1cccnc1.CC(C)(C)c1cncnc1. The van der Waals surface area contributed by atoms with Crippen LogP contribution >= 0.6 is 0 Å². The van der Waals surface area contributed by atoms with E-state index >= 15 is 0 Å². The van der Waals surface area contributed by atoms with Gasteiger partial charge in [0, 0.05) is 24.8 Å². The first-order valence-electron chi connectivity index (χ1n) is 15.4. The maximum Gasteiger partial charge on any atom is 0.115 e. The van der Waals surface area contributed by atoms with Crippen LogP contribution < -0.4 is 0 Å². The van der Waals surface area contributed by atoms with Crippen LogP contribution in [0.5, 0.6) is 0 Å². The summed E-state index contributed by atoms with van der Waals surface area (Å²) in [6, 6.07) is 21.3. The third-order valence-electron chi connectivity index (χ3n) is 7.22. The van der Waals surface area contributed by atoms with Gasteiger partial charge in [-0.05, 0) is 67.5 Å². The van der Waals surface area contributed by atoms with Gasteiger partial charge in [-0.1, -0.05) is 150 Å². The maximum absolute atomic E-state index is 4.05.